The molecule has 1 rings (SSSR count). The fraction of sp³-hybridized carbons (Fsp3) is 0.889. The Morgan fingerprint density at radius 2 is 2.21 bits per heavy atom. The third kappa shape index (κ3) is 2.67. The second kappa shape index (κ2) is 3.84. The van der Waals surface area contributed by atoms with E-state index < -0.39 is 11.6 Å². The Morgan fingerprint density at radius 3 is 2.57 bits per heavy atom. The normalized spacial score (nSPS) is 23.6. The molecule has 3 N–H and O–H groups in total. The number of carboxylic acid groups (broad SMARTS) is 1. The minimum atomic E-state index is -1.69. The molecular weight excluding hydrogens is 186 g/mol. The van der Waals surface area contributed by atoms with Crippen LogP contribution in [-0.4, -0.2) is 48.1 Å². The van der Waals surface area contributed by atoms with Crippen molar-refractivity contribution in [1.82, 2.24) is 5.32 Å². The number of nitrogens with one attached hydrogen (secondary N) is 1. The molecular formula is C9H17NO4. The highest BCUT2D eigenvalue weighted by Crippen LogP contribution is 2.25. The van der Waals surface area contributed by atoms with Gasteiger partial charge >= 0.3 is 5.97 Å². The summed E-state index contributed by atoms with van der Waals surface area (Å²) in [4.78, 5) is 10.5. The maximum atomic E-state index is 10.5. The zero-order valence-corrected chi connectivity index (χ0v) is 8.54. The molecule has 0 amide bonds. The number of hydrogen-bond acceptors (Lipinski definition) is 4. The maximum Gasteiger partial charge on any atom is 0.336 e. The lowest BCUT2D eigenvalue weighted by Crippen LogP contribution is -2.52. The zero-order valence-electron chi connectivity index (χ0n) is 8.54. The molecule has 1 saturated heterocycles. The van der Waals surface area contributed by atoms with Gasteiger partial charge in [0.05, 0.1) is 13.2 Å². The third-order valence-electron chi connectivity index (χ3n) is 2.38. The molecule has 82 valence electrons. The van der Waals surface area contributed by atoms with Crippen LogP contribution in [0.3, 0.4) is 0 Å². The lowest BCUT2D eigenvalue weighted by molar-refractivity contribution is -0.156. The molecule has 0 saturated carbocycles. The Hall–Kier alpha value is -0.650. The van der Waals surface area contributed by atoms with Crippen LogP contribution in [0.4, 0.5) is 0 Å². The van der Waals surface area contributed by atoms with E-state index in [-0.39, 0.29) is 12.0 Å². The summed E-state index contributed by atoms with van der Waals surface area (Å²) in [5, 5.41) is 21.0. The van der Waals surface area contributed by atoms with Crippen LogP contribution in [0.15, 0.2) is 0 Å². The molecule has 0 aromatic rings. The van der Waals surface area contributed by atoms with Crippen molar-refractivity contribution in [2.24, 2.45) is 5.41 Å². The first kappa shape index (κ1) is 11.4. The number of carbonyl (C=O) groups is 1. The fourth-order valence-corrected chi connectivity index (χ4v) is 1.24. The van der Waals surface area contributed by atoms with Gasteiger partial charge < -0.3 is 20.3 Å². The molecule has 0 bridgehead atoms. The minimum absolute atomic E-state index is 0.0535. The van der Waals surface area contributed by atoms with Crippen LogP contribution in [0, 0.1) is 5.41 Å². The molecule has 1 aliphatic heterocycles. The summed E-state index contributed by atoms with van der Waals surface area (Å²) >= 11 is 0. The molecule has 0 aromatic heterocycles. The summed E-state index contributed by atoms with van der Waals surface area (Å²) in [6.45, 7) is 5.43. The highest BCUT2D eigenvalue weighted by atomic mass is 16.5. The Morgan fingerprint density at radius 1 is 1.64 bits per heavy atom. The first-order chi connectivity index (χ1) is 6.36. The van der Waals surface area contributed by atoms with Crippen molar-refractivity contribution in [3.05, 3.63) is 0 Å². The molecule has 5 heteroatoms. The molecule has 0 aliphatic carbocycles. The molecule has 1 atom stereocenters. The number of ether oxygens (including phenoxy) is 1. The Balaban J connectivity index is 2.23. The molecule has 1 fully saturated rings. The summed E-state index contributed by atoms with van der Waals surface area (Å²) in [5.74, 6) is -1.21. The second-order valence-corrected chi connectivity index (χ2v) is 4.49. The van der Waals surface area contributed by atoms with E-state index in [0.717, 1.165) is 0 Å². The highest BCUT2D eigenvalue weighted by molar-refractivity contribution is 5.76. The smallest absolute Gasteiger partial charge is 0.336 e. The monoisotopic (exact) mass is 203 g/mol. The molecule has 0 aromatic carbocycles. The van der Waals surface area contributed by atoms with Crippen molar-refractivity contribution in [3.63, 3.8) is 0 Å². The number of rotatable bonds is 5. The highest BCUT2D eigenvalue weighted by Gasteiger charge is 2.35. The second-order valence-electron chi connectivity index (χ2n) is 4.49. The first-order valence-corrected chi connectivity index (χ1v) is 4.60. The summed E-state index contributed by atoms with van der Waals surface area (Å²) < 4.78 is 5.05. The summed E-state index contributed by atoms with van der Waals surface area (Å²) in [5.41, 5.74) is -1.60. The Labute approximate surface area is 83.1 Å². The average molecular weight is 203 g/mol. The number of aliphatic hydroxyl groups is 1. The van der Waals surface area contributed by atoms with Gasteiger partial charge in [-0.3, -0.25) is 0 Å². The van der Waals surface area contributed by atoms with E-state index in [1.165, 1.54) is 6.92 Å². The molecule has 14 heavy (non-hydrogen) atoms. The number of aliphatic carboxylic acids is 1. The van der Waals surface area contributed by atoms with Gasteiger partial charge in [0.1, 0.15) is 0 Å². The SMILES string of the molecule is CC1(CNCC(C)(O)C(=O)O)COC1. The van der Waals surface area contributed by atoms with Crippen molar-refractivity contribution < 1.29 is 19.7 Å². The van der Waals surface area contributed by atoms with Gasteiger partial charge in [0, 0.05) is 18.5 Å². The van der Waals surface area contributed by atoms with Crippen molar-refractivity contribution in [1.29, 1.82) is 0 Å². The van der Waals surface area contributed by atoms with Crippen LogP contribution in [0.5, 0.6) is 0 Å². The van der Waals surface area contributed by atoms with Crippen LogP contribution in [0.2, 0.25) is 0 Å². The third-order valence-corrected chi connectivity index (χ3v) is 2.38. The predicted octanol–water partition coefficient (Wildman–Crippen LogP) is -0.552. The van der Waals surface area contributed by atoms with Crippen molar-refractivity contribution in [3.8, 4) is 0 Å². The quantitative estimate of drug-likeness (QED) is 0.558. The lowest BCUT2D eigenvalue weighted by Gasteiger charge is -2.38. The average Bonchev–Trinajstić information content (AvgIpc) is 2.00. The van der Waals surface area contributed by atoms with Crippen LogP contribution in [-0.2, 0) is 9.53 Å². The first-order valence-electron chi connectivity index (χ1n) is 4.60. The van der Waals surface area contributed by atoms with E-state index in [4.69, 9.17) is 9.84 Å². The van der Waals surface area contributed by atoms with E-state index in [1.807, 2.05) is 0 Å². The summed E-state index contributed by atoms with van der Waals surface area (Å²) in [7, 11) is 0. The van der Waals surface area contributed by atoms with E-state index in [2.05, 4.69) is 12.2 Å². The van der Waals surface area contributed by atoms with E-state index >= 15 is 0 Å². The standard InChI is InChI=1S/C9H17NO4/c1-8(5-14-6-8)3-10-4-9(2,13)7(11)12/h10,13H,3-6H2,1-2H3,(H,11,12). The Bertz CT molecular complexity index is 223. The van der Waals surface area contributed by atoms with Gasteiger partial charge in [0.25, 0.3) is 0 Å². The van der Waals surface area contributed by atoms with Gasteiger partial charge in [0.2, 0.25) is 0 Å². The topological polar surface area (TPSA) is 78.8 Å². The van der Waals surface area contributed by atoms with E-state index in [0.29, 0.717) is 19.8 Å². The van der Waals surface area contributed by atoms with Gasteiger partial charge in [-0.15, -0.1) is 0 Å². The number of hydrogen-bond donors (Lipinski definition) is 3. The van der Waals surface area contributed by atoms with Crippen molar-refractivity contribution in [2.45, 2.75) is 19.4 Å². The van der Waals surface area contributed by atoms with Gasteiger partial charge in [-0.05, 0) is 6.92 Å². The maximum absolute atomic E-state index is 10.5. The molecule has 1 aliphatic rings. The summed E-state index contributed by atoms with van der Waals surface area (Å²) in [6.07, 6.45) is 0. The molecule has 0 radical (unpaired) electrons. The number of carboxylic acids is 1. The van der Waals surface area contributed by atoms with Crippen LogP contribution < -0.4 is 5.32 Å². The van der Waals surface area contributed by atoms with Crippen LogP contribution >= 0.6 is 0 Å². The zero-order chi connectivity index (χ0) is 10.8. The van der Waals surface area contributed by atoms with Gasteiger partial charge in [-0.2, -0.15) is 0 Å². The molecule has 1 unspecified atom stereocenters. The molecule has 0 spiro atoms. The van der Waals surface area contributed by atoms with Crippen LogP contribution in [0.1, 0.15) is 13.8 Å². The van der Waals surface area contributed by atoms with E-state index in [1.54, 1.807) is 0 Å². The fourth-order valence-electron chi connectivity index (χ4n) is 1.24. The Kier molecular flexibility index (Phi) is 3.14. The van der Waals surface area contributed by atoms with Crippen molar-refractivity contribution in [2.75, 3.05) is 26.3 Å². The van der Waals surface area contributed by atoms with Gasteiger partial charge in [-0.1, -0.05) is 6.92 Å². The van der Waals surface area contributed by atoms with Crippen LogP contribution in [0.25, 0.3) is 0 Å². The van der Waals surface area contributed by atoms with E-state index in [9.17, 15) is 9.90 Å². The molecule has 1 heterocycles. The molecule has 5 nitrogen and oxygen atoms in total. The predicted molar refractivity (Wildman–Crippen MR) is 50.1 cm³/mol. The summed E-state index contributed by atoms with van der Waals surface area (Å²) in [6, 6.07) is 0. The van der Waals surface area contributed by atoms with Gasteiger partial charge in [0.15, 0.2) is 5.60 Å². The lowest BCUT2D eigenvalue weighted by atomic mass is 9.88. The minimum Gasteiger partial charge on any atom is -0.479 e. The van der Waals surface area contributed by atoms with Gasteiger partial charge in [-0.25, -0.2) is 4.79 Å². The largest absolute Gasteiger partial charge is 0.479 e. The van der Waals surface area contributed by atoms with Crippen molar-refractivity contribution >= 4 is 5.97 Å².